The van der Waals surface area contributed by atoms with E-state index < -0.39 is 0 Å². The first kappa shape index (κ1) is 11.2. The minimum atomic E-state index is 0.756. The van der Waals surface area contributed by atoms with Crippen LogP contribution in [0.3, 0.4) is 0 Å². The summed E-state index contributed by atoms with van der Waals surface area (Å²) in [4.78, 5) is 4.23. The van der Waals surface area contributed by atoms with Gasteiger partial charge in [-0.3, -0.25) is 0 Å². The van der Waals surface area contributed by atoms with E-state index in [-0.39, 0.29) is 0 Å². The molecule has 1 aromatic carbocycles. The molecule has 2 rings (SSSR count). The zero-order valence-corrected chi connectivity index (χ0v) is 10.1. The molecule has 1 aromatic heterocycles. The second-order valence-electron chi connectivity index (χ2n) is 3.65. The normalized spacial score (nSPS) is 10.7. The van der Waals surface area contributed by atoms with Crippen molar-refractivity contribution in [3.8, 4) is 5.69 Å². The highest BCUT2D eigenvalue weighted by Gasteiger charge is 2.06. The summed E-state index contributed by atoms with van der Waals surface area (Å²) in [5.41, 5.74) is 2.28. The number of aromatic nitrogens is 2. The summed E-state index contributed by atoms with van der Waals surface area (Å²) in [6.07, 6.45) is 3.75. The van der Waals surface area contributed by atoms with Gasteiger partial charge >= 0.3 is 0 Å². The molecular formula is C12H14ClN3. The van der Waals surface area contributed by atoms with Crippen LogP contribution >= 0.6 is 11.6 Å². The molecule has 0 unspecified atom stereocenters. The average molecular weight is 236 g/mol. The van der Waals surface area contributed by atoms with Crippen LogP contribution in [0.2, 0.25) is 5.02 Å². The van der Waals surface area contributed by atoms with E-state index in [9.17, 15) is 0 Å². The summed E-state index contributed by atoms with van der Waals surface area (Å²) in [5, 5.41) is 3.90. The van der Waals surface area contributed by atoms with Crippen LogP contribution in [-0.4, -0.2) is 16.6 Å². The third-order valence-electron chi connectivity index (χ3n) is 2.49. The Hall–Kier alpha value is -1.32. The van der Waals surface area contributed by atoms with Crippen molar-refractivity contribution < 1.29 is 0 Å². The summed E-state index contributed by atoms with van der Waals surface area (Å²) < 4.78 is 2.06. The van der Waals surface area contributed by atoms with Gasteiger partial charge in [0.25, 0.3) is 0 Å². The van der Waals surface area contributed by atoms with E-state index in [1.54, 1.807) is 6.20 Å². The summed E-state index contributed by atoms with van der Waals surface area (Å²) in [5.74, 6) is 0.972. The molecule has 0 aliphatic carbocycles. The monoisotopic (exact) mass is 235 g/mol. The Kier molecular flexibility index (Phi) is 3.27. The maximum absolute atomic E-state index is 6.00. The Labute approximate surface area is 100 Å². The molecule has 84 valence electrons. The highest BCUT2D eigenvalue weighted by molar-refractivity contribution is 6.30. The van der Waals surface area contributed by atoms with Crippen molar-refractivity contribution in [2.45, 2.75) is 13.5 Å². The second-order valence-corrected chi connectivity index (χ2v) is 4.08. The summed E-state index contributed by atoms with van der Waals surface area (Å²) in [6.45, 7) is 2.77. The molecule has 2 aromatic rings. The molecule has 1 N–H and O–H groups in total. The summed E-state index contributed by atoms with van der Waals surface area (Å²) in [7, 11) is 1.92. The SMILES string of the molecule is CNCc1cc(Cl)ccc1-n1ccnc1C. The molecule has 4 heteroatoms. The fourth-order valence-electron chi connectivity index (χ4n) is 1.75. The molecule has 0 amide bonds. The van der Waals surface area contributed by atoms with Gasteiger partial charge in [-0.2, -0.15) is 0 Å². The van der Waals surface area contributed by atoms with Gasteiger partial charge in [-0.05, 0) is 37.7 Å². The van der Waals surface area contributed by atoms with E-state index in [2.05, 4.69) is 14.9 Å². The van der Waals surface area contributed by atoms with Crippen LogP contribution in [0, 0.1) is 6.92 Å². The number of nitrogens with zero attached hydrogens (tertiary/aromatic N) is 2. The van der Waals surface area contributed by atoms with Crippen LogP contribution in [-0.2, 0) is 6.54 Å². The zero-order valence-electron chi connectivity index (χ0n) is 9.37. The van der Waals surface area contributed by atoms with Gasteiger partial charge in [-0.1, -0.05) is 11.6 Å². The molecule has 0 aliphatic heterocycles. The number of rotatable bonds is 3. The molecule has 0 saturated heterocycles. The van der Waals surface area contributed by atoms with Crippen LogP contribution in [0.15, 0.2) is 30.6 Å². The molecule has 0 aliphatic rings. The number of halogens is 1. The maximum atomic E-state index is 6.00. The van der Waals surface area contributed by atoms with Gasteiger partial charge in [0.2, 0.25) is 0 Å². The minimum Gasteiger partial charge on any atom is -0.316 e. The van der Waals surface area contributed by atoms with E-state index in [1.165, 1.54) is 0 Å². The zero-order chi connectivity index (χ0) is 11.5. The van der Waals surface area contributed by atoms with Crippen molar-refractivity contribution in [3.63, 3.8) is 0 Å². The van der Waals surface area contributed by atoms with Gasteiger partial charge in [0.05, 0.1) is 5.69 Å². The fraction of sp³-hybridized carbons (Fsp3) is 0.250. The van der Waals surface area contributed by atoms with Crippen molar-refractivity contribution in [1.82, 2.24) is 14.9 Å². The van der Waals surface area contributed by atoms with Crippen molar-refractivity contribution >= 4 is 11.6 Å². The lowest BCUT2D eigenvalue weighted by molar-refractivity contribution is 0.804. The fourth-order valence-corrected chi connectivity index (χ4v) is 1.95. The predicted octanol–water partition coefficient (Wildman–Crippen LogP) is 2.55. The van der Waals surface area contributed by atoms with E-state index >= 15 is 0 Å². The lowest BCUT2D eigenvalue weighted by Crippen LogP contribution is -2.09. The summed E-state index contributed by atoms with van der Waals surface area (Å²) in [6, 6.07) is 5.89. The Bertz CT molecular complexity index is 491. The molecule has 0 radical (unpaired) electrons. The maximum Gasteiger partial charge on any atom is 0.110 e. The smallest absolute Gasteiger partial charge is 0.110 e. The van der Waals surface area contributed by atoms with Crippen LogP contribution in [0.25, 0.3) is 5.69 Å². The van der Waals surface area contributed by atoms with Gasteiger partial charge in [-0.25, -0.2) is 4.98 Å². The van der Waals surface area contributed by atoms with Gasteiger partial charge in [0.1, 0.15) is 5.82 Å². The highest BCUT2D eigenvalue weighted by atomic mass is 35.5. The number of benzene rings is 1. The van der Waals surface area contributed by atoms with Crippen LogP contribution < -0.4 is 5.32 Å². The first-order valence-electron chi connectivity index (χ1n) is 5.15. The van der Waals surface area contributed by atoms with E-state index in [0.29, 0.717) is 0 Å². The molecule has 0 fully saturated rings. The molecule has 0 atom stereocenters. The van der Waals surface area contributed by atoms with Crippen molar-refractivity contribution in [2.75, 3.05) is 7.05 Å². The summed E-state index contributed by atoms with van der Waals surface area (Å²) >= 11 is 6.00. The van der Waals surface area contributed by atoms with Crippen LogP contribution in [0.5, 0.6) is 0 Å². The number of nitrogens with one attached hydrogen (secondary N) is 1. The first-order valence-corrected chi connectivity index (χ1v) is 5.53. The van der Waals surface area contributed by atoms with Crippen molar-refractivity contribution in [2.24, 2.45) is 0 Å². The second kappa shape index (κ2) is 4.68. The number of aryl methyl sites for hydroxylation is 1. The third kappa shape index (κ3) is 2.10. The lowest BCUT2D eigenvalue weighted by atomic mass is 10.1. The van der Waals surface area contributed by atoms with Crippen molar-refractivity contribution in [1.29, 1.82) is 0 Å². The van der Waals surface area contributed by atoms with Gasteiger partial charge in [0.15, 0.2) is 0 Å². The molecule has 0 saturated carbocycles. The minimum absolute atomic E-state index is 0.756. The Morgan fingerprint density at radius 2 is 2.25 bits per heavy atom. The molecular weight excluding hydrogens is 222 g/mol. The topological polar surface area (TPSA) is 29.9 Å². The molecule has 3 nitrogen and oxygen atoms in total. The van der Waals surface area contributed by atoms with E-state index in [0.717, 1.165) is 28.6 Å². The van der Waals surface area contributed by atoms with Gasteiger partial charge in [-0.15, -0.1) is 0 Å². The number of hydrogen-bond donors (Lipinski definition) is 1. The standard InChI is InChI=1S/C12H14ClN3/c1-9-15-5-6-16(9)12-4-3-11(13)7-10(12)8-14-2/h3-7,14H,8H2,1-2H3. The van der Waals surface area contributed by atoms with Gasteiger partial charge in [0, 0.05) is 24.0 Å². The number of imidazole rings is 1. The average Bonchev–Trinajstić information content (AvgIpc) is 2.65. The van der Waals surface area contributed by atoms with E-state index in [1.807, 2.05) is 38.4 Å². The molecule has 0 bridgehead atoms. The molecule has 1 heterocycles. The Morgan fingerprint density at radius 1 is 1.44 bits per heavy atom. The molecule has 16 heavy (non-hydrogen) atoms. The van der Waals surface area contributed by atoms with Gasteiger partial charge < -0.3 is 9.88 Å². The van der Waals surface area contributed by atoms with Crippen LogP contribution in [0.1, 0.15) is 11.4 Å². The largest absolute Gasteiger partial charge is 0.316 e. The predicted molar refractivity (Wildman–Crippen MR) is 66.1 cm³/mol. The Balaban J connectivity index is 2.51. The highest BCUT2D eigenvalue weighted by Crippen LogP contribution is 2.20. The lowest BCUT2D eigenvalue weighted by Gasteiger charge is -2.12. The third-order valence-corrected chi connectivity index (χ3v) is 2.73. The first-order chi connectivity index (χ1) is 7.72. The quantitative estimate of drug-likeness (QED) is 0.886. The van der Waals surface area contributed by atoms with E-state index in [4.69, 9.17) is 11.6 Å². The van der Waals surface area contributed by atoms with Crippen LogP contribution in [0.4, 0.5) is 0 Å². The molecule has 0 spiro atoms. The number of hydrogen-bond acceptors (Lipinski definition) is 2. The van der Waals surface area contributed by atoms with Crippen molar-refractivity contribution in [3.05, 3.63) is 47.0 Å². The Morgan fingerprint density at radius 3 is 2.88 bits per heavy atom.